The number of nitrogens with zero attached hydrogens (tertiary/aromatic N) is 2. The highest BCUT2D eigenvalue weighted by Gasteiger charge is 2.17. The van der Waals surface area contributed by atoms with Gasteiger partial charge in [0.15, 0.2) is 0 Å². The highest BCUT2D eigenvalue weighted by molar-refractivity contribution is 5.76. The van der Waals surface area contributed by atoms with Gasteiger partial charge < -0.3 is 10.1 Å². The molecule has 0 spiro atoms. The van der Waals surface area contributed by atoms with Gasteiger partial charge in [-0.25, -0.2) is 0 Å². The lowest BCUT2D eigenvalue weighted by Gasteiger charge is -2.21. The van der Waals surface area contributed by atoms with Gasteiger partial charge in [0.25, 0.3) is 0 Å². The van der Waals surface area contributed by atoms with E-state index < -0.39 is 0 Å². The fourth-order valence-electron chi connectivity index (χ4n) is 2.05. The van der Waals surface area contributed by atoms with E-state index in [4.69, 9.17) is 4.74 Å². The van der Waals surface area contributed by atoms with Gasteiger partial charge in [0, 0.05) is 45.0 Å². The summed E-state index contributed by atoms with van der Waals surface area (Å²) >= 11 is 0. The largest absolute Gasteiger partial charge is 0.381 e. The first-order valence-corrected chi connectivity index (χ1v) is 6.06. The summed E-state index contributed by atoms with van der Waals surface area (Å²) in [5.41, 5.74) is 1.04. The second-order valence-corrected chi connectivity index (χ2v) is 4.56. The normalized spacial score (nSPS) is 17.0. The van der Waals surface area contributed by atoms with Crippen molar-refractivity contribution >= 4 is 5.91 Å². The van der Waals surface area contributed by atoms with Crippen LogP contribution in [0.1, 0.15) is 24.8 Å². The first-order valence-electron chi connectivity index (χ1n) is 6.06. The Bertz CT molecular complexity index is 370. The van der Waals surface area contributed by atoms with Gasteiger partial charge in [0.2, 0.25) is 5.91 Å². The average Bonchev–Trinajstić information content (AvgIpc) is 2.74. The molecule has 1 fully saturated rings. The molecule has 1 saturated heterocycles. The van der Waals surface area contributed by atoms with E-state index in [0.717, 1.165) is 31.6 Å². The monoisotopic (exact) mass is 237 g/mol. The average molecular weight is 237 g/mol. The summed E-state index contributed by atoms with van der Waals surface area (Å²) in [6.07, 6.45) is 6.30. The van der Waals surface area contributed by atoms with Crippen molar-refractivity contribution in [3.8, 4) is 0 Å². The fourth-order valence-corrected chi connectivity index (χ4v) is 2.05. The minimum atomic E-state index is 0.126. The van der Waals surface area contributed by atoms with Gasteiger partial charge in [-0.05, 0) is 18.8 Å². The molecule has 1 aromatic rings. The summed E-state index contributed by atoms with van der Waals surface area (Å²) < 4.78 is 7.01. The van der Waals surface area contributed by atoms with Crippen molar-refractivity contribution < 1.29 is 9.53 Å². The number of aromatic nitrogens is 2. The molecule has 0 aromatic carbocycles. The predicted octanol–water partition coefficient (Wildman–Crippen LogP) is 0.853. The van der Waals surface area contributed by atoms with Gasteiger partial charge in [-0.2, -0.15) is 5.10 Å². The molecule has 0 radical (unpaired) electrons. The summed E-state index contributed by atoms with van der Waals surface area (Å²) in [4.78, 5) is 11.7. The molecule has 0 atom stereocenters. The number of hydrogen-bond acceptors (Lipinski definition) is 3. The highest BCUT2D eigenvalue weighted by Crippen LogP contribution is 2.18. The van der Waals surface area contributed by atoms with Crippen LogP contribution in [0.15, 0.2) is 12.4 Å². The molecule has 0 bridgehead atoms. The van der Waals surface area contributed by atoms with Crippen molar-refractivity contribution in [1.29, 1.82) is 0 Å². The van der Waals surface area contributed by atoms with E-state index in [1.807, 2.05) is 13.2 Å². The third kappa shape index (κ3) is 3.85. The van der Waals surface area contributed by atoms with Crippen molar-refractivity contribution in [3.63, 3.8) is 0 Å². The Labute approximate surface area is 101 Å². The van der Waals surface area contributed by atoms with Crippen LogP contribution in [0.4, 0.5) is 0 Å². The maximum absolute atomic E-state index is 11.7. The van der Waals surface area contributed by atoms with Crippen LogP contribution in [0.2, 0.25) is 0 Å². The molecule has 1 aromatic heterocycles. The molecule has 5 nitrogen and oxygen atoms in total. The van der Waals surface area contributed by atoms with Gasteiger partial charge in [-0.3, -0.25) is 9.48 Å². The number of ether oxygens (including phenoxy) is 1. The molecule has 0 saturated carbocycles. The summed E-state index contributed by atoms with van der Waals surface area (Å²) in [6.45, 7) is 2.15. The second kappa shape index (κ2) is 5.82. The van der Waals surface area contributed by atoms with Gasteiger partial charge in [0.1, 0.15) is 0 Å². The zero-order valence-electron chi connectivity index (χ0n) is 10.2. The van der Waals surface area contributed by atoms with E-state index >= 15 is 0 Å². The second-order valence-electron chi connectivity index (χ2n) is 4.56. The van der Waals surface area contributed by atoms with E-state index in [9.17, 15) is 4.79 Å². The van der Waals surface area contributed by atoms with Crippen LogP contribution in [0.25, 0.3) is 0 Å². The van der Waals surface area contributed by atoms with Crippen molar-refractivity contribution in [3.05, 3.63) is 18.0 Å². The maximum Gasteiger partial charge on any atom is 0.220 e. The van der Waals surface area contributed by atoms with Gasteiger partial charge >= 0.3 is 0 Å². The number of aryl methyl sites for hydroxylation is 1. The standard InChI is InChI=1S/C12H19N3O2/c1-15-9-11(8-14-15)7-13-12(16)6-10-2-4-17-5-3-10/h8-10H,2-7H2,1H3,(H,13,16). The van der Waals surface area contributed by atoms with Gasteiger partial charge in [-0.15, -0.1) is 0 Å². The minimum Gasteiger partial charge on any atom is -0.381 e. The van der Waals surface area contributed by atoms with Crippen molar-refractivity contribution in [1.82, 2.24) is 15.1 Å². The molecule has 94 valence electrons. The van der Waals surface area contributed by atoms with E-state index in [1.165, 1.54) is 0 Å². The lowest BCUT2D eigenvalue weighted by Crippen LogP contribution is -2.27. The third-order valence-electron chi connectivity index (χ3n) is 3.06. The van der Waals surface area contributed by atoms with E-state index in [0.29, 0.717) is 18.9 Å². The number of rotatable bonds is 4. The smallest absolute Gasteiger partial charge is 0.220 e. The molecule has 17 heavy (non-hydrogen) atoms. The topological polar surface area (TPSA) is 56.2 Å². The molecule has 1 aliphatic rings. The number of nitrogens with one attached hydrogen (secondary N) is 1. The van der Waals surface area contributed by atoms with Crippen LogP contribution < -0.4 is 5.32 Å². The Kier molecular flexibility index (Phi) is 4.14. The molecule has 1 aliphatic heterocycles. The van der Waals surface area contributed by atoms with Crippen LogP contribution in [-0.4, -0.2) is 28.9 Å². The van der Waals surface area contributed by atoms with Crippen LogP contribution >= 0.6 is 0 Å². The number of carbonyl (C=O) groups excluding carboxylic acids is 1. The third-order valence-corrected chi connectivity index (χ3v) is 3.06. The van der Waals surface area contributed by atoms with Gasteiger partial charge in [-0.1, -0.05) is 0 Å². The van der Waals surface area contributed by atoms with Crippen molar-refractivity contribution in [2.75, 3.05) is 13.2 Å². The Morgan fingerprint density at radius 3 is 3.00 bits per heavy atom. The molecule has 1 N–H and O–H groups in total. The summed E-state index contributed by atoms with van der Waals surface area (Å²) in [6, 6.07) is 0. The zero-order chi connectivity index (χ0) is 12.1. The first-order chi connectivity index (χ1) is 8.24. The lowest BCUT2D eigenvalue weighted by molar-refractivity contribution is -0.122. The fraction of sp³-hybridized carbons (Fsp3) is 0.667. The van der Waals surface area contributed by atoms with E-state index in [1.54, 1.807) is 10.9 Å². The van der Waals surface area contributed by atoms with E-state index in [2.05, 4.69) is 10.4 Å². The first kappa shape index (κ1) is 12.1. The molecule has 5 heteroatoms. The summed E-state index contributed by atoms with van der Waals surface area (Å²) in [5.74, 6) is 0.610. The molecule has 0 aliphatic carbocycles. The Morgan fingerprint density at radius 1 is 1.59 bits per heavy atom. The number of hydrogen-bond donors (Lipinski definition) is 1. The Morgan fingerprint density at radius 2 is 2.35 bits per heavy atom. The molecule has 0 unspecified atom stereocenters. The van der Waals surface area contributed by atoms with Crippen molar-refractivity contribution in [2.24, 2.45) is 13.0 Å². The number of amides is 1. The SMILES string of the molecule is Cn1cc(CNC(=O)CC2CCOCC2)cn1. The zero-order valence-corrected chi connectivity index (χ0v) is 10.2. The lowest BCUT2D eigenvalue weighted by atomic mass is 9.96. The van der Waals surface area contributed by atoms with Crippen LogP contribution in [0.3, 0.4) is 0 Å². The molecule has 1 amide bonds. The van der Waals surface area contributed by atoms with Crippen LogP contribution in [-0.2, 0) is 23.1 Å². The van der Waals surface area contributed by atoms with Crippen molar-refractivity contribution in [2.45, 2.75) is 25.8 Å². The predicted molar refractivity (Wildman–Crippen MR) is 63.2 cm³/mol. The molecule has 2 heterocycles. The quantitative estimate of drug-likeness (QED) is 0.844. The highest BCUT2D eigenvalue weighted by atomic mass is 16.5. The Hall–Kier alpha value is -1.36. The summed E-state index contributed by atoms with van der Waals surface area (Å²) in [7, 11) is 1.87. The molecular weight excluding hydrogens is 218 g/mol. The number of carbonyl (C=O) groups is 1. The van der Waals surface area contributed by atoms with Crippen LogP contribution in [0.5, 0.6) is 0 Å². The van der Waals surface area contributed by atoms with Crippen LogP contribution in [0, 0.1) is 5.92 Å². The molecule has 2 rings (SSSR count). The molecular formula is C12H19N3O2. The summed E-state index contributed by atoms with van der Waals surface area (Å²) in [5, 5.41) is 6.99. The van der Waals surface area contributed by atoms with Gasteiger partial charge in [0.05, 0.1) is 6.20 Å². The Balaban J connectivity index is 1.70. The maximum atomic E-state index is 11.7. The minimum absolute atomic E-state index is 0.126. The van der Waals surface area contributed by atoms with E-state index in [-0.39, 0.29) is 5.91 Å².